The molecule has 27 heavy (non-hydrogen) atoms. The molecule has 8 nitrogen and oxygen atoms in total. The molecule has 9 heteroatoms. The lowest BCUT2D eigenvalue weighted by molar-refractivity contribution is -0.117. The summed E-state index contributed by atoms with van der Waals surface area (Å²) >= 11 is 6.13. The molecule has 0 fully saturated rings. The molecule has 0 aliphatic carbocycles. The first kappa shape index (κ1) is 20.6. The molecule has 1 aromatic carbocycles. The van der Waals surface area contributed by atoms with E-state index in [9.17, 15) is 14.4 Å². The lowest BCUT2D eigenvalue weighted by Gasteiger charge is -2.21. The Labute approximate surface area is 160 Å². The molecule has 2 rings (SSSR count). The van der Waals surface area contributed by atoms with Crippen LogP contribution in [0.4, 0.5) is 10.5 Å². The Hall–Kier alpha value is -2.74. The fourth-order valence-electron chi connectivity index (χ4n) is 2.21. The quantitative estimate of drug-likeness (QED) is 0.821. The van der Waals surface area contributed by atoms with Crippen molar-refractivity contribution in [1.29, 1.82) is 0 Å². The molecule has 1 heterocycles. The average molecular weight is 397 g/mol. The molecule has 0 radical (unpaired) electrons. The van der Waals surface area contributed by atoms with Gasteiger partial charge in [0.05, 0.1) is 12.5 Å². The third kappa shape index (κ3) is 5.13. The minimum Gasteiger partial charge on any atom is -0.467 e. The monoisotopic (exact) mass is 396 g/mol. The van der Waals surface area contributed by atoms with Crippen LogP contribution in [0.2, 0.25) is 5.02 Å². The number of methoxy groups -OCH3 is 1. The Balaban J connectivity index is 2.16. The zero-order valence-electron chi connectivity index (χ0n) is 15.6. The van der Waals surface area contributed by atoms with Crippen LogP contribution in [-0.4, -0.2) is 30.8 Å². The van der Waals surface area contributed by atoms with Crippen molar-refractivity contribution in [2.24, 2.45) is 0 Å². The number of hydrogen-bond donors (Lipinski definition) is 2. The number of alkyl carbamates (subject to hydrolysis) is 1. The van der Waals surface area contributed by atoms with E-state index in [0.717, 1.165) is 0 Å². The van der Waals surface area contributed by atoms with Gasteiger partial charge in [0.1, 0.15) is 16.7 Å². The molecule has 0 bridgehead atoms. The smallest absolute Gasteiger partial charge is 0.408 e. The van der Waals surface area contributed by atoms with Gasteiger partial charge in [0.2, 0.25) is 5.91 Å². The SMILES string of the molecule is COc1oc(=O)c2cc(NC(=O)C(C)NC(=O)OC(C)(C)C)ccc2c1Cl. The van der Waals surface area contributed by atoms with Crippen LogP contribution in [0.15, 0.2) is 27.4 Å². The van der Waals surface area contributed by atoms with Gasteiger partial charge in [-0.2, -0.15) is 0 Å². The van der Waals surface area contributed by atoms with E-state index in [1.165, 1.54) is 20.1 Å². The summed E-state index contributed by atoms with van der Waals surface area (Å²) in [6.07, 6.45) is -0.705. The van der Waals surface area contributed by atoms with Gasteiger partial charge in [0.15, 0.2) is 0 Å². The Morgan fingerprint density at radius 3 is 2.48 bits per heavy atom. The first-order valence-electron chi connectivity index (χ1n) is 8.12. The molecule has 1 aromatic heterocycles. The molecule has 146 valence electrons. The van der Waals surface area contributed by atoms with Crippen LogP contribution in [0, 0.1) is 0 Å². The molecule has 0 aliphatic heterocycles. The molecule has 0 saturated carbocycles. The van der Waals surface area contributed by atoms with Crippen molar-refractivity contribution in [3.05, 3.63) is 33.6 Å². The Morgan fingerprint density at radius 1 is 1.22 bits per heavy atom. The molecule has 2 aromatic rings. The summed E-state index contributed by atoms with van der Waals surface area (Å²) in [5.74, 6) is -0.564. The number of anilines is 1. The summed E-state index contributed by atoms with van der Waals surface area (Å²) in [5.41, 5.74) is -0.978. The first-order valence-corrected chi connectivity index (χ1v) is 8.50. The van der Waals surface area contributed by atoms with E-state index in [1.54, 1.807) is 32.9 Å². The zero-order valence-corrected chi connectivity index (χ0v) is 16.4. The van der Waals surface area contributed by atoms with E-state index in [4.69, 9.17) is 25.5 Å². The number of benzene rings is 1. The highest BCUT2D eigenvalue weighted by atomic mass is 35.5. The Morgan fingerprint density at radius 2 is 1.89 bits per heavy atom. The highest BCUT2D eigenvalue weighted by molar-refractivity contribution is 6.36. The second kappa shape index (κ2) is 7.87. The van der Waals surface area contributed by atoms with E-state index in [-0.39, 0.29) is 16.4 Å². The third-order valence-corrected chi connectivity index (χ3v) is 3.78. The van der Waals surface area contributed by atoms with Crippen LogP contribution < -0.4 is 21.0 Å². The van der Waals surface area contributed by atoms with Crippen molar-refractivity contribution < 1.29 is 23.5 Å². The van der Waals surface area contributed by atoms with Crippen molar-refractivity contribution in [2.75, 3.05) is 12.4 Å². The van der Waals surface area contributed by atoms with E-state index in [0.29, 0.717) is 11.1 Å². The summed E-state index contributed by atoms with van der Waals surface area (Å²) in [6, 6.07) is 3.72. The van der Waals surface area contributed by atoms with Crippen molar-refractivity contribution in [1.82, 2.24) is 5.32 Å². The first-order chi connectivity index (χ1) is 12.5. The molecule has 1 unspecified atom stereocenters. The Bertz CT molecular complexity index is 932. The lowest BCUT2D eigenvalue weighted by Crippen LogP contribution is -2.43. The number of nitrogens with one attached hydrogen (secondary N) is 2. The minimum atomic E-state index is -0.855. The number of hydrogen-bond acceptors (Lipinski definition) is 6. The van der Waals surface area contributed by atoms with Gasteiger partial charge >= 0.3 is 17.7 Å². The maximum atomic E-state index is 12.3. The van der Waals surface area contributed by atoms with Gasteiger partial charge in [-0.1, -0.05) is 17.7 Å². The van der Waals surface area contributed by atoms with Crippen LogP contribution in [-0.2, 0) is 9.53 Å². The van der Waals surface area contributed by atoms with E-state index in [2.05, 4.69) is 10.6 Å². The molecule has 2 amide bonds. The zero-order chi connectivity index (χ0) is 20.4. The minimum absolute atomic E-state index is 0.0823. The molecule has 0 aliphatic rings. The summed E-state index contributed by atoms with van der Waals surface area (Å²) in [4.78, 5) is 36.1. The van der Waals surface area contributed by atoms with Gasteiger partial charge in [-0.3, -0.25) is 4.79 Å². The third-order valence-electron chi connectivity index (χ3n) is 3.42. The number of rotatable bonds is 4. The van der Waals surface area contributed by atoms with Gasteiger partial charge in [0.25, 0.3) is 0 Å². The number of fused-ring (bicyclic) bond motifs is 1. The van der Waals surface area contributed by atoms with Gasteiger partial charge in [-0.15, -0.1) is 0 Å². The van der Waals surface area contributed by atoms with Crippen molar-refractivity contribution >= 4 is 40.1 Å². The van der Waals surface area contributed by atoms with Gasteiger partial charge < -0.3 is 24.5 Å². The van der Waals surface area contributed by atoms with Crippen LogP contribution in [0.1, 0.15) is 27.7 Å². The predicted molar refractivity (Wildman–Crippen MR) is 102 cm³/mol. The van der Waals surface area contributed by atoms with E-state index >= 15 is 0 Å². The number of carbonyl (C=O) groups excluding carboxylic acids is 2. The van der Waals surface area contributed by atoms with Gasteiger partial charge in [0, 0.05) is 11.1 Å². The van der Waals surface area contributed by atoms with E-state index < -0.39 is 29.3 Å². The average Bonchev–Trinajstić information content (AvgIpc) is 2.56. The van der Waals surface area contributed by atoms with Crippen LogP contribution in [0.3, 0.4) is 0 Å². The molecule has 2 N–H and O–H groups in total. The highest BCUT2D eigenvalue weighted by Crippen LogP contribution is 2.31. The molecule has 1 atom stereocenters. The highest BCUT2D eigenvalue weighted by Gasteiger charge is 2.21. The molecular formula is C18H21ClN2O6. The van der Waals surface area contributed by atoms with Crippen LogP contribution >= 0.6 is 11.6 Å². The molecule has 0 spiro atoms. The molecule has 0 saturated heterocycles. The summed E-state index contributed by atoms with van der Waals surface area (Å²) in [6.45, 7) is 6.67. The number of halogens is 1. The maximum absolute atomic E-state index is 12.3. The fraction of sp³-hybridized carbons (Fsp3) is 0.389. The van der Waals surface area contributed by atoms with E-state index in [1.807, 2.05) is 0 Å². The van der Waals surface area contributed by atoms with Crippen molar-refractivity contribution in [3.8, 4) is 5.95 Å². The second-order valence-corrected chi connectivity index (χ2v) is 7.19. The topological polar surface area (TPSA) is 107 Å². The number of ether oxygens (including phenoxy) is 2. The van der Waals surface area contributed by atoms with Crippen molar-refractivity contribution in [3.63, 3.8) is 0 Å². The lowest BCUT2D eigenvalue weighted by atomic mass is 10.1. The van der Waals surface area contributed by atoms with Crippen molar-refractivity contribution in [2.45, 2.75) is 39.3 Å². The normalized spacial score (nSPS) is 12.4. The van der Waals surface area contributed by atoms with Crippen LogP contribution in [0.5, 0.6) is 5.95 Å². The van der Waals surface area contributed by atoms with Gasteiger partial charge in [-0.05, 0) is 39.8 Å². The summed E-state index contributed by atoms with van der Waals surface area (Å²) in [7, 11) is 1.34. The standard InChI is InChI=1S/C18H21ClN2O6/c1-9(20-17(24)27-18(2,3)4)14(22)21-10-6-7-11-12(8-10)15(23)26-16(25-5)13(11)19/h6-9H,1-5H3,(H,20,24)(H,21,22). The number of carbonyl (C=O) groups is 2. The molecular weight excluding hydrogens is 376 g/mol. The fourth-order valence-corrected chi connectivity index (χ4v) is 2.49. The summed E-state index contributed by atoms with van der Waals surface area (Å²) in [5, 5.41) is 5.83. The summed E-state index contributed by atoms with van der Waals surface area (Å²) < 4.78 is 15.0. The predicted octanol–water partition coefficient (Wildman–Crippen LogP) is 3.31. The maximum Gasteiger partial charge on any atom is 0.408 e. The van der Waals surface area contributed by atoms with Crippen LogP contribution in [0.25, 0.3) is 10.8 Å². The van der Waals surface area contributed by atoms with Gasteiger partial charge in [-0.25, -0.2) is 9.59 Å². The Kier molecular flexibility index (Phi) is 6.00. The largest absolute Gasteiger partial charge is 0.467 e. The number of amides is 2. The second-order valence-electron chi connectivity index (χ2n) is 6.81.